The molecule has 1 aliphatic heterocycles. The summed E-state index contributed by atoms with van der Waals surface area (Å²) < 4.78 is 5.33. The van der Waals surface area contributed by atoms with E-state index < -0.39 is 0 Å². The van der Waals surface area contributed by atoms with Crippen LogP contribution < -0.4 is 15.4 Å². The molecule has 0 spiro atoms. The van der Waals surface area contributed by atoms with E-state index in [2.05, 4.69) is 55.4 Å². The first-order chi connectivity index (χ1) is 12.0. The van der Waals surface area contributed by atoms with E-state index in [0.29, 0.717) is 18.6 Å². The lowest BCUT2D eigenvalue weighted by atomic mass is 10.0. The van der Waals surface area contributed by atoms with Gasteiger partial charge in [0.25, 0.3) is 0 Å². The van der Waals surface area contributed by atoms with E-state index in [9.17, 15) is 0 Å². The van der Waals surface area contributed by atoms with Gasteiger partial charge in [-0.25, -0.2) is 4.99 Å². The van der Waals surface area contributed by atoms with Crippen molar-refractivity contribution in [3.05, 3.63) is 29.3 Å². The Labute approximate surface area is 176 Å². The second-order valence-corrected chi connectivity index (χ2v) is 7.05. The molecule has 2 rings (SSSR count). The van der Waals surface area contributed by atoms with Crippen molar-refractivity contribution in [3.63, 3.8) is 0 Å². The number of hydrogen-bond acceptors (Lipinski definition) is 3. The van der Waals surface area contributed by atoms with Gasteiger partial charge in [-0.15, -0.1) is 24.0 Å². The average Bonchev–Trinajstić information content (AvgIpc) is 2.60. The van der Waals surface area contributed by atoms with Crippen LogP contribution in [-0.2, 0) is 6.54 Å². The van der Waals surface area contributed by atoms with Gasteiger partial charge < -0.3 is 20.3 Å². The highest BCUT2D eigenvalue weighted by Gasteiger charge is 2.21. The number of aliphatic imine (C=N–C) groups is 1. The van der Waals surface area contributed by atoms with Gasteiger partial charge in [-0.2, -0.15) is 0 Å². The van der Waals surface area contributed by atoms with Crippen molar-refractivity contribution in [2.75, 3.05) is 26.7 Å². The smallest absolute Gasteiger partial charge is 0.191 e. The highest BCUT2D eigenvalue weighted by Crippen LogP contribution is 2.19. The fourth-order valence-electron chi connectivity index (χ4n) is 3.28. The molecule has 5 nitrogen and oxygen atoms in total. The van der Waals surface area contributed by atoms with Crippen molar-refractivity contribution in [1.29, 1.82) is 0 Å². The third kappa shape index (κ3) is 6.95. The van der Waals surface area contributed by atoms with Crippen LogP contribution in [0.15, 0.2) is 23.2 Å². The number of ether oxygens (including phenoxy) is 1. The zero-order valence-electron chi connectivity index (χ0n) is 16.8. The minimum atomic E-state index is 0. The van der Waals surface area contributed by atoms with Crippen LogP contribution in [0.5, 0.6) is 5.75 Å². The van der Waals surface area contributed by atoms with Gasteiger partial charge in [-0.1, -0.05) is 12.1 Å². The molecule has 26 heavy (non-hydrogen) atoms. The normalized spacial score (nSPS) is 16.3. The first-order valence-electron chi connectivity index (χ1n) is 9.45. The summed E-state index contributed by atoms with van der Waals surface area (Å²) >= 11 is 0. The maximum atomic E-state index is 5.33. The highest BCUT2D eigenvalue weighted by atomic mass is 127. The number of halogens is 1. The Kier molecular flexibility index (Phi) is 10.3. The summed E-state index contributed by atoms with van der Waals surface area (Å²) in [6.07, 6.45) is 2.34. The Morgan fingerprint density at radius 2 is 2.00 bits per heavy atom. The molecule has 1 heterocycles. The lowest BCUT2D eigenvalue weighted by Gasteiger charge is -2.35. The number of piperidine rings is 1. The third-order valence-electron chi connectivity index (χ3n) is 4.82. The summed E-state index contributed by atoms with van der Waals surface area (Å²) in [5, 5.41) is 6.98. The van der Waals surface area contributed by atoms with Crippen LogP contribution in [0.3, 0.4) is 0 Å². The fraction of sp³-hybridized carbons (Fsp3) is 0.650. The number of likely N-dealkylation sites (tertiary alicyclic amines) is 1. The highest BCUT2D eigenvalue weighted by molar-refractivity contribution is 14.0. The number of nitrogens with zero attached hydrogens (tertiary/aromatic N) is 2. The summed E-state index contributed by atoms with van der Waals surface area (Å²) in [4.78, 5) is 7.31. The Bertz CT molecular complexity index is 569. The summed E-state index contributed by atoms with van der Waals surface area (Å²) in [6, 6.07) is 7.39. The summed E-state index contributed by atoms with van der Waals surface area (Å²) in [5.74, 6) is 1.84. The van der Waals surface area contributed by atoms with Gasteiger partial charge >= 0.3 is 0 Å². The number of rotatable bonds is 6. The molecule has 0 radical (unpaired) electrons. The molecule has 2 N–H and O–H groups in total. The SMILES string of the molecule is CCNC(=NCc1ccc(OC)c(C)c1)NC1CCN(C(C)C)CC1.I. The largest absolute Gasteiger partial charge is 0.496 e. The second kappa shape index (κ2) is 11.6. The minimum absolute atomic E-state index is 0. The number of guanidine groups is 1. The van der Waals surface area contributed by atoms with Crippen LogP contribution >= 0.6 is 24.0 Å². The van der Waals surface area contributed by atoms with Crippen molar-refractivity contribution >= 4 is 29.9 Å². The predicted molar refractivity (Wildman–Crippen MR) is 121 cm³/mol. The van der Waals surface area contributed by atoms with E-state index in [1.54, 1.807) is 7.11 Å². The monoisotopic (exact) mass is 474 g/mol. The van der Waals surface area contributed by atoms with Crippen molar-refractivity contribution in [2.24, 2.45) is 4.99 Å². The number of methoxy groups -OCH3 is 1. The lowest BCUT2D eigenvalue weighted by Crippen LogP contribution is -2.49. The minimum Gasteiger partial charge on any atom is -0.496 e. The third-order valence-corrected chi connectivity index (χ3v) is 4.82. The molecule has 1 fully saturated rings. The van der Waals surface area contributed by atoms with E-state index in [0.717, 1.165) is 36.9 Å². The van der Waals surface area contributed by atoms with Crippen LogP contribution in [0.2, 0.25) is 0 Å². The fourth-order valence-corrected chi connectivity index (χ4v) is 3.28. The Morgan fingerprint density at radius 3 is 2.54 bits per heavy atom. The van der Waals surface area contributed by atoms with Crippen molar-refractivity contribution in [1.82, 2.24) is 15.5 Å². The summed E-state index contributed by atoms with van der Waals surface area (Å²) in [6.45, 7) is 12.6. The van der Waals surface area contributed by atoms with Crippen LogP contribution in [0.25, 0.3) is 0 Å². The summed E-state index contributed by atoms with van der Waals surface area (Å²) in [5.41, 5.74) is 2.35. The Hall–Kier alpha value is -1.02. The topological polar surface area (TPSA) is 48.9 Å². The van der Waals surface area contributed by atoms with E-state index in [4.69, 9.17) is 9.73 Å². The molecule has 0 unspecified atom stereocenters. The molecule has 1 aromatic rings. The van der Waals surface area contributed by atoms with Crippen LogP contribution in [0.1, 0.15) is 44.7 Å². The molecule has 0 amide bonds. The van der Waals surface area contributed by atoms with E-state index in [-0.39, 0.29) is 24.0 Å². The lowest BCUT2D eigenvalue weighted by molar-refractivity contribution is 0.167. The first-order valence-corrected chi connectivity index (χ1v) is 9.45. The number of benzene rings is 1. The molecule has 1 saturated heterocycles. The van der Waals surface area contributed by atoms with E-state index in [1.165, 1.54) is 18.4 Å². The van der Waals surface area contributed by atoms with Crippen LogP contribution in [0, 0.1) is 6.92 Å². The van der Waals surface area contributed by atoms with Gasteiger partial charge in [0.2, 0.25) is 0 Å². The quantitative estimate of drug-likeness (QED) is 0.376. The van der Waals surface area contributed by atoms with E-state index >= 15 is 0 Å². The maximum absolute atomic E-state index is 5.33. The van der Waals surface area contributed by atoms with Gasteiger partial charge in [0, 0.05) is 31.7 Å². The van der Waals surface area contributed by atoms with Crippen molar-refractivity contribution < 1.29 is 4.74 Å². The van der Waals surface area contributed by atoms with Gasteiger partial charge in [-0.3, -0.25) is 0 Å². The first kappa shape index (κ1) is 23.0. The molecule has 0 atom stereocenters. The van der Waals surface area contributed by atoms with E-state index in [1.807, 2.05) is 6.07 Å². The molecule has 1 aliphatic rings. The van der Waals surface area contributed by atoms with Crippen LogP contribution in [-0.4, -0.2) is 49.7 Å². The Morgan fingerprint density at radius 1 is 1.31 bits per heavy atom. The van der Waals surface area contributed by atoms with Crippen molar-refractivity contribution in [3.8, 4) is 5.75 Å². The molecule has 148 valence electrons. The molecule has 0 aliphatic carbocycles. The molecule has 0 aromatic heterocycles. The summed E-state index contributed by atoms with van der Waals surface area (Å²) in [7, 11) is 1.71. The predicted octanol–water partition coefficient (Wildman–Crippen LogP) is 3.55. The van der Waals surface area contributed by atoms with Crippen LogP contribution in [0.4, 0.5) is 0 Å². The van der Waals surface area contributed by atoms with Gasteiger partial charge in [-0.05, 0) is 57.7 Å². The molecule has 6 heteroatoms. The average molecular weight is 474 g/mol. The standard InChI is InChI=1S/C20H34N4O.HI/c1-6-21-20(23-18-9-11-24(12-10-18)15(2)3)22-14-17-7-8-19(25-5)16(4)13-17;/h7-8,13,15,18H,6,9-12,14H2,1-5H3,(H2,21,22,23);1H. The molecule has 0 saturated carbocycles. The molecule has 1 aromatic carbocycles. The second-order valence-electron chi connectivity index (χ2n) is 7.05. The Balaban J connectivity index is 0.00000338. The van der Waals surface area contributed by atoms with Gasteiger partial charge in [0.1, 0.15) is 5.75 Å². The maximum Gasteiger partial charge on any atom is 0.191 e. The zero-order valence-corrected chi connectivity index (χ0v) is 19.2. The van der Waals surface area contributed by atoms with Gasteiger partial charge in [0.05, 0.1) is 13.7 Å². The van der Waals surface area contributed by atoms with Crippen molar-refractivity contribution in [2.45, 2.75) is 59.2 Å². The van der Waals surface area contributed by atoms with Gasteiger partial charge in [0.15, 0.2) is 5.96 Å². The molecular formula is C20H35IN4O. The number of aryl methyl sites for hydroxylation is 1. The zero-order chi connectivity index (χ0) is 18.2. The molecular weight excluding hydrogens is 439 g/mol. The number of nitrogens with one attached hydrogen (secondary N) is 2. The number of hydrogen-bond donors (Lipinski definition) is 2. The molecule has 0 bridgehead atoms.